The van der Waals surface area contributed by atoms with Gasteiger partial charge in [-0.3, -0.25) is 9.48 Å². The van der Waals surface area contributed by atoms with Crippen LogP contribution >= 0.6 is 0 Å². The van der Waals surface area contributed by atoms with E-state index in [0.29, 0.717) is 17.0 Å². The Bertz CT molecular complexity index is 1050. The zero-order valence-corrected chi connectivity index (χ0v) is 16.9. The van der Waals surface area contributed by atoms with Crippen LogP contribution in [-0.4, -0.2) is 42.9 Å². The van der Waals surface area contributed by atoms with E-state index in [0.717, 1.165) is 48.1 Å². The van der Waals surface area contributed by atoms with Gasteiger partial charge in [0.05, 0.1) is 34.3 Å². The second kappa shape index (κ2) is 7.79. The minimum atomic E-state index is -0.222. The summed E-state index contributed by atoms with van der Waals surface area (Å²) in [6.07, 6.45) is 4.85. The molecule has 0 atom stereocenters. The zero-order chi connectivity index (χ0) is 20.5. The molecule has 8 nitrogen and oxygen atoms in total. The number of fused-ring (bicyclic) bond motifs is 1. The van der Waals surface area contributed by atoms with Crippen LogP contribution in [0.2, 0.25) is 0 Å². The SMILES string of the molecule is Cc1nn(C)c(C)c1NC(=O)c1cccc2cnc(NC3CCC(O)CC3)nc12. The highest BCUT2D eigenvalue weighted by molar-refractivity contribution is 6.12. The van der Waals surface area contributed by atoms with Crippen molar-refractivity contribution < 1.29 is 9.90 Å². The Balaban J connectivity index is 1.61. The lowest BCUT2D eigenvalue weighted by Gasteiger charge is -2.26. The maximum absolute atomic E-state index is 13.0. The van der Waals surface area contributed by atoms with E-state index in [9.17, 15) is 9.90 Å². The summed E-state index contributed by atoms with van der Waals surface area (Å²) in [5.41, 5.74) is 3.50. The van der Waals surface area contributed by atoms with E-state index < -0.39 is 0 Å². The minimum Gasteiger partial charge on any atom is -0.393 e. The molecule has 1 aromatic carbocycles. The molecule has 152 valence electrons. The van der Waals surface area contributed by atoms with Gasteiger partial charge in [-0.15, -0.1) is 0 Å². The van der Waals surface area contributed by atoms with Gasteiger partial charge in [0.1, 0.15) is 0 Å². The fraction of sp³-hybridized carbons (Fsp3) is 0.429. The first-order valence-electron chi connectivity index (χ1n) is 9.94. The van der Waals surface area contributed by atoms with Gasteiger partial charge in [-0.2, -0.15) is 5.10 Å². The Hall–Kier alpha value is -3.00. The molecule has 0 bridgehead atoms. The van der Waals surface area contributed by atoms with Crippen molar-refractivity contribution in [2.75, 3.05) is 10.6 Å². The highest BCUT2D eigenvalue weighted by atomic mass is 16.3. The molecular weight excluding hydrogens is 368 g/mol. The molecule has 0 spiro atoms. The molecule has 1 amide bonds. The van der Waals surface area contributed by atoms with Crippen LogP contribution in [0.5, 0.6) is 0 Å². The van der Waals surface area contributed by atoms with E-state index in [1.54, 1.807) is 16.9 Å². The van der Waals surface area contributed by atoms with Gasteiger partial charge >= 0.3 is 0 Å². The molecule has 0 saturated heterocycles. The smallest absolute Gasteiger partial charge is 0.257 e. The molecule has 2 heterocycles. The fourth-order valence-electron chi connectivity index (χ4n) is 3.85. The standard InChI is InChI=1S/C21H26N6O2/c1-12-18(13(2)27(3)26-12)24-20(29)17-6-4-5-14-11-22-21(25-19(14)17)23-15-7-9-16(28)10-8-15/h4-6,11,15-16,28H,7-10H2,1-3H3,(H,24,29)(H,22,23,25). The molecule has 3 N–H and O–H groups in total. The van der Waals surface area contributed by atoms with Crippen LogP contribution < -0.4 is 10.6 Å². The zero-order valence-electron chi connectivity index (χ0n) is 16.9. The minimum absolute atomic E-state index is 0.208. The Labute approximate surface area is 169 Å². The quantitative estimate of drug-likeness (QED) is 0.628. The molecular formula is C21H26N6O2. The number of nitrogens with one attached hydrogen (secondary N) is 2. The summed E-state index contributed by atoms with van der Waals surface area (Å²) in [5, 5.41) is 21.2. The Morgan fingerprint density at radius 3 is 2.66 bits per heavy atom. The van der Waals surface area contributed by atoms with Gasteiger partial charge in [0.2, 0.25) is 5.95 Å². The predicted molar refractivity (Wildman–Crippen MR) is 112 cm³/mol. The van der Waals surface area contributed by atoms with Crippen molar-refractivity contribution in [3.63, 3.8) is 0 Å². The third-order valence-corrected chi connectivity index (χ3v) is 5.63. The number of hydrogen-bond acceptors (Lipinski definition) is 6. The molecule has 0 aliphatic heterocycles. The maximum Gasteiger partial charge on any atom is 0.257 e. The number of para-hydroxylation sites is 1. The first-order valence-corrected chi connectivity index (χ1v) is 9.94. The first-order chi connectivity index (χ1) is 13.9. The van der Waals surface area contributed by atoms with Crippen LogP contribution in [0.1, 0.15) is 47.4 Å². The van der Waals surface area contributed by atoms with Crippen molar-refractivity contribution in [2.45, 2.75) is 51.7 Å². The Morgan fingerprint density at radius 1 is 1.21 bits per heavy atom. The average molecular weight is 394 g/mol. The average Bonchev–Trinajstić information content (AvgIpc) is 2.95. The van der Waals surface area contributed by atoms with Crippen molar-refractivity contribution in [1.82, 2.24) is 19.7 Å². The lowest BCUT2D eigenvalue weighted by molar-refractivity contribution is 0.102. The molecule has 1 fully saturated rings. The van der Waals surface area contributed by atoms with Crippen LogP contribution in [0.25, 0.3) is 10.9 Å². The van der Waals surface area contributed by atoms with Gasteiger partial charge in [0, 0.05) is 24.7 Å². The largest absolute Gasteiger partial charge is 0.393 e. The number of carbonyl (C=O) groups excluding carboxylic acids is 1. The van der Waals surface area contributed by atoms with Crippen LogP contribution in [0.15, 0.2) is 24.4 Å². The molecule has 3 aromatic rings. The highest BCUT2D eigenvalue weighted by Gasteiger charge is 2.21. The predicted octanol–water partition coefficient (Wildman–Crippen LogP) is 2.95. The Morgan fingerprint density at radius 2 is 1.97 bits per heavy atom. The number of amides is 1. The number of aromatic nitrogens is 4. The second-order valence-electron chi connectivity index (χ2n) is 7.71. The van der Waals surface area contributed by atoms with Crippen LogP contribution in [0.4, 0.5) is 11.6 Å². The summed E-state index contributed by atoms with van der Waals surface area (Å²) in [6.45, 7) is 3.79. The van der Waals surface area contributed by atoms with Crippen molar-refractivity contribution >= 4 is 28.4 Å². The number of aryl methyl sites for hydroxylation is 2. The summed E-state index contributed by atoms with van der Waals surface area (Å²) < 4.78 is 1.75. The number of aliphatic hydroxyl groups excluding tert-OH is 1. The van der Waals surface area contributed by atoms with E-state index in [-0.39, 0.29) is 18.1 Å². The summed E-state index contributed by atoms with van der Waals surface area (Å²) in [7, 11) is 1.85. The van der Waals surface area contributed by atoms with Crippen molar-refractivity contribution in [2.24, 2.45) is 7.05 Å². The van der Waals surface area contributed by atoms with E-state index in [4.69, 9.17) is 0 Å². The monoisotopic (exact) mass is 394 g/mol. The highest BCUT2D eigenvalue weighted by Crippen LogP contribution is 2.24. The van der Waals surface area contributed by atoms with Crippen molar-refractivity contribution in [3.8, 4) is 0 Å². The number of carbonyl (C=O) groups is 1. The second-order valence-corrected chi connectivity index (χ2v) is 7.71. The Kier molecular flexibility index (Phi) is 5.19. The number of anilines is 2. The number of hydrogen-bond donors (Lipinski definition) is 3. The molecule has 8 heteroatoms. The summed E-state index contributed by atoms with van der Waals surface area (Å²) in [6, 6.07) is 5.73. The molecule has 29 heavy (non-hydrogen) atoms. The van der Waals surface area contributed by atoms with Crippen molar-refractivity contribution in [1.29, 1.82) is 0 Å². The first kappa shape index (κ1) is 19.3. The lowest BCUT2D eigenvalue weighted by atomic mass is 9.93. The van der Waals surface area contributed by atoms with E-state index >= 15 is 0 Å². The topological polar surface area (TPSA) is 105 Å². The number of rotatable bonds is 4. The van der Waals surface area contributed by atoms with Gasteiger partial charge in [0.25, 0.3) is 5.91 Å². The molecule has 1 aliphatic carbocycles. The lowest BCUT2D eigenvalue weighted by Crippen LogP contribution is -2.29. The summed E-state index contributed by atoms with van der Waals surface area (Å²) in [5.74, 6) is 0.285. The maximum atomic E-state index is 13.0. The van der Waals surface area contributed by atoms with E-state index in [1.165, 1.54) is 0 Å². The van der Waals surface area contributed by atoms with E-state index in [2.05, 4.69) is 25.7 Å². The third-order valence-electron chi connectivity index (χ3n) is 5.63. The number of benzene rings is 1. The summed E-state index contributed by atoms with van der Waals surface area (Å²) >= 11 is 0. The van der Waals surface area contributed by atoms with Gasteiger partial charge in [-0.1, -0.05) is 12.1 Å². The van der Waals surface area contributed by atoms with Gasteiger partial charge in [-0.05, 0) is 45.6 Å². The van der Waals surface area contributed by atoms with Gasteiger partial charge in [0.15, 0.2) is 0 Å². The van der Waals surface area contributed by atoms with Gasteiger partial charge < -0.3 is 15.7 Å². The molecule has 0 unspecified atom stereocenters. The third kappa shape index (κ3) is 3.93. The summed E-state index contributed by atoms with van der Waals surface area (Å²) in [4.78, 5) is 22.1. The normalized spacial score (nSPS) is 19.3. The van der Waals surface area contributed by atoms with E-state index in [1.807, 2.05) is 33.0 Å². The fourth-order valence-corrected chi connectivity index (χ4v) is 3.85. The molecule has 2 aromatic heterocycles. The van der Waals surface area contributed by atoms with Crippen LogP contribution in [0.3, 0.4) is 0 Å². The molecule has 1 aliphatic rings. The number of aliphatic hydroxyl groups is 1. The van der Waals surface area contributed by atoms with Crippen molar-refractivity contribution in [3.05, 3.63) is 41.3 Å². The van der Waals surface area contributed by atoms with Crippen LogP contribution in [-0.2, 0) is 7.05 Å². The number of nitrogens with zero attached hydrogens (tertiary/aromatic N) is 4. The van der Waals surface area contributed by atoms with Crippen LogP contribution in [0, 0.1) is 13.8 Å². The molecule has 0 radical (unpaired) electrons. The van der Waals surface area contributed by atoms with Gasteiger partial charge in [-0.25, -0.2) is 9.97 Å². The molecule has 1 saturated carbocycles. The molecule has 4 rings (SSSR count).